The van der Waals surface area contributed by atoms with Gasteiger partial charge in [0.1, 0.15) is 0 Å². The average Bonchev–Trinajstić information content (AvgIpc) is 2.47. The lowest BCUT2D eigenvalue weighted by molar-refractivity contribution is 1.23. The number of aryl methyl sites for hydroxylation is 1. The van der Waals surface area contributed by atoms with Gasteiger partial charge < -0.3 is 0 Å². The van der Waals surface area contributed by atoms with Crippen molar-refractivity contribution in [1.29, 1.82) is 0 Å². The molecule has 0 heterocycles. The molecular weight excluding hydrogens is 240 g/mol. The van der Waals surface area contributed by atoms with E-state index < -0.39 is 0 Å². The van der Waals surface area contributed by atoms with Gasteiger partial charge in [0.2, 0.25) is 0 Å². The molecule has 0 saturated heterocycles. The van der Waals surface area contributed by atoms with Gasteiger partial charge in [0.15, 0.2) is 0 Å². The summed E-state index contributed by atoms with van der Waals surface area (Å²) < 4.78 is 0. The van der Waals surface area contributed by atoms with Crippen LogP contribution in [0.1, 0.15) is 31.4 Å². The second-order valence-corrected chi connectivity index (χ2v) is 5.02. The molecule has 2 rings (SSSR count). The predicted octanol–water partition coefficient (Wildman–Crippen LogP) is 6.03. The topological polar surface area (TPSA) is 0 Å². The fourth-order valence-electron chi connectivity index (χ4n) is 2.43. The van der Waals surface area contributed by atoms with E-state index in [1.807, 2.05) is 0 Å². The molecule has 0 atom stereocenters. The second kappa shape index (κ2) is 6.91. The van der Waals surface area contributed by atoms with Gasteiger partial charge >= 0.3 is 0 Å². The molecule has 2 aromatic rings. The Morgan fingerprint density at radius 3 is 2.40 bits per heavy atom. The molecule has 0 saturated carbocycles. The Bertz CT molecular complexity index is 616. The van der Waals surface area contributed by atoms with Gasteiger partial charge in [-0.1, -0.05) is 67.6 Å². The van der Waals surface area contributed by atoms with Crippen LogP contribution in [0.15, 0.2) is 66.8 Å². The van der Waals surface area contributed by atoms with Gasteiger partial charge in [-0.15, -0.1) is 0 Å². The fraction of sp³-hybridized carbons (Fsp3) is 0.200. The molecule has 0 aliphatic heterocycles. The van der Waals surface area contributed by atoms with Gasteiger partial charge in [0.25, 0.3) is 0 Å². The van der Waals surface area contributed by atoms with E-state index >= 15 is 0 Å². The van der Waals surface area contributed by atoms with Crippen LogP contribution < -0.4 is 0 Å². The van der Waals surface area contributed by atoms with Crippen molar-refractivity contribution in [1.82, 2.24) is 0 Å². The summed E-state index contributed by atoms with van der Waals surface area (Å²) in [6, 6.07) is 17.4. The molecule has 0 aromatic heterocycles. The molecule has 0 aliphatic rings. The first-order valence-electron chi connectivity index (χ1n) is 7.25. The number of benzene rings is 2. The van der Waals surface area contributed by atoms with Gasteiger partial charge in [-0.25, -0.2) is 0 Å². The van der Waals surface area contributed by atoms with Crippen LogP contribution in [0.5, 0.6) is 0 Å². The van der Waals surface area contributed by atoms with E-state index in [1.54, 1.807) is 0 Å². The molecule has 2 aromatic carbocycles. The first-order chi connectivity index (χ1) is 9.74. The van der Waals surface area contributed by atoms with Gasteiger partial charge in [-0.2, -0.15) is 0 Å². The van der Waals surface area contributed by atoms with E-state index in [9.17, 15) is 0 Å². The molecule has 0 heteroatoms. The number of rotatable bonds is 4. The molecule has 0 amide bonds. The molecule has 0 bridgehead atoms. The Balaban J connectivity index is 2.51. The van der Waals surface area contributed by atoms with Crippen LogP contribution in [0.2, 0.25) is 0 Å². The minimum absolute atomic E-state index is 1.05. The van der Waals surface area contributed by atoms with Crippen LogP contribution in [0, 0.1) is 6.92 Å². The molecule has 0 N–H and O–H groups in total. The SMILES string of the molecule is C/C=C\C(=C/CC)c1cc(C)cc(-c2ccccc2)c1. The van der Waals surface area contributed by atoms with Crippen LogP contribution in [-0.4, -0.2) is 0 Å². The van der Waals surface area contributed by atoms with E-state index in [2.05, 4.69) is 87.5 Å². The summed E-state index contributed by atoms with van der Waals surface area (Å²) >= 11 is 0. The van der Waals surface area contributed by atoms with Crippen LogP contribution in [0.25, 0.3) is 16.7 Å². The van der Waals surface area contributed by atoms with Crippen molar-refractivity contribution in [3.05, 3.63) is 77.9 Å². The summed E-state index contributed by atoms with van der Waals surface area (Å²) in [5.74, 6) is 0. The lowest BCUT2D eigenvalue weighted by Crippen LogP contribution is -1.87. The van der Waals surface area contributed by atoms with Crippen molar-refractivity contribution in [3.63, 3.8) is 0 Å². The molecule has 0 spiro atoms. The minimum atomic E-state index is 1.05. The highest BCUT2D eigenvalue weighted by Gasteiger charge is 2.03. The van der Waals surface area contributed by atoms with Gasteiger partial charge in [0.05, 0.1) is 0 Å². The molecule has 102 valence electrons. The van der Waals surface area contributed by atoms with E-state index in [4.69, 9.17) is 0 Å². The predicted molar refractivity (Wildman–Crippen MR) is 89.7 cm³/mol. The fourth-order valence-corrected chi connectivity index (χ4v) is 2.43. The lowest BCUT2D eigenvalue weighted by atomic mass is 9.96. The highest BCUT2D eigenvalue weighted by molar-refractivity contribution is 5.78. The van der Waals surface area contributed by atoms with E-state index in [1.165, 1.54) is 27.8 Å². The molecular formula is C20H22. The Morgan fingerprint density at radius 2 is 1.75 bits per heavy atom. The summed E-state index contributed by atoms with van der Waals surface area (Å²) in [6.07, 6.45) is 7.62. The van der Waals surface area contributed by atoms with Gasteiger partial charge in [-0.05, 0) is 54.2 Å². The summed E-state index contributed by atoms with van der Waals surface area (Å²) in [5, 5.41) is 0. The zero-order valence-corrected chi connectivity index (χ0v) is 12.6. The summed E-state index contributed by atoms with van der Waals surface area (Å²) in [4.78, 5) is 0. The van der Waals surface area contributed by atoms with E-state index in [0.29, 0.717) is 0 Å². The third-order valence-electron chi connectivity index (χ3n) is 3.29. The van der Waals surface area contributed by atoms with Crippen molar-refractivity contribution in [2.45, 2.75) is 27.2 Å². The average molecular weight is 262 g/mol. The van der Waals surface area contributed by atoms with Gasteiger partial charge in [0, 0.05) is 0 Å². The maximum atomic E-state index is 2.28. The maximum Gasteiger partial charge on any atom is -0.0175 e. The third kappa shape index (κ3) is 3.48. The zero-order valence-electron chi connectivity index (χ0n) is 12.6. The monoisotopic (exact) mass is 262 g/mol. The maximum absolute atomic E-state index is 2.28. The molecule has 0 nitrogen and oxygen atoms in total. The van der Waals surface area contributed by atoms with Crippen LogP contribution >= 0.6 is 0 Å². The number of hydrogen-bond donors (Lipinski definition) is 0. The molecule has 0 aliphatic carbocycles. The van der Waals surface area contributed by atoms with Crippen molar-refractivity contribution >= 4 is 5.57 Å². The van der Waals surface area contributed by atoms with Crippen molar-refractivity contribution in [2.75, 3.05) is 0 Å². The van der Waals surface area contributed by atoms with E-state index in [-0.39, 0.29) is 0 Å². The quantitative estimate of drug-likeness (QED) is 0.590. The van der Waals surface area contributed by atoms with Crippen LogP contribution in [0.3, 0.4) is 0 Å². The lowest BCUT2D eigenvalue weighted by Gasteiger charge is -2.09. The van der Waals surface area contributed by atoms with Crippen molar-refractivity contribution in [3.8, 4) is 11.1 Å². The summed E-state index contributed by atoms with van der Waals surface area (Å²) in [5.41, 5.74) is 6.45. The zero-order chi connectivity index (χ0) is 14.4. The van der Waals surface area contributed by atoms with Gasteiger partial charge in [-0.3, -0.25) is 0 Å². The van der Waals surface area contributed by atoms with Crippen LogP contribution in [0.4, 0.5) is 0 Å². The highest BCUT2D eigenvalue weighted by atomic mass is 14.1. The molecule has 0 unspecified atom stereocenters. The van der Waals surface area contributed by atoms with Crippen LogP contribution in [-0.2, 0) is 0 Å². The molecule has 20 heavy (non-hydrogen) atoms. The normalized spacial score (nSPS) is 12.1. The molecule has 0 radical (unpaired) electrons. The first-order valence-corrected chi connectivity index (χ1v) is 7.25. The smallest absolute Gasteiger partial charge is 0.0175 e. The number of hydrogen-bond acceptors (Lipinski definition) is 0. The van der Waals surface area contributed by atoms with E-state index in [0.717, 1.165) is 6.42 Å². The minimum Gasteiger partial charge on any atom is -0.0871 e. The standard InChI is InChI=1S/C20H22/c1-4-9-17(10-5-2)19-13-16(3)14-20(15-19)18-11-7-6-8-12-18/h4,6-15H,5H2,1-3H3/b9-4-,17-10+. The van der Waals surface area contributed by atoms with Crippen molar-refractivity contribution < 1.29 is 0 Å². The van der Waals surface area contributed by atoms with Crippen molar-refractivity contribution in [2.24, 2.45) is 0 Å². The first kappa shape index (κ1) is 14.3. The summed E-state index contributed by atoms with van der Waals surface area (Å²) in [7, 11) is 0. The Hall–Kier alpha value is -2.08. The second-order valence-electron chi connectivity index (χ2n) is 5.02. The Morgan fingerprint density at radius 1 is 1.00 bits per heavy atom. The Labute approximate surface area is 122 Å². The Kier molecular flexibility index (Phi) is 4.95. The summed E-state index contributed by atoms with van der Waals surface area (Å²) in [6.45, 7) is 6.41. The number of allylic oxidation sites excluding steroid dienone is 4. The highest BCUT2D eigenvalue weighted by Crippen LogP contribution is 2.26. The molecule has 0 fully saturated rings. The largest absolute Gasteiger partial charge is 0.0871 e. The third-order valence-corrected chi connectivity index (χ3v) is 3.29.